The van der Waals surface area contributed by atoms with Crippen LogP contribution in [0, 0.1) is 0 Å². The Balaban J connectivity index is 2.57. The molecule has 1 unspecified atom stereocenters. The van der Waals surface area contributed by atoms with Gasteiger partial charge in [0.2, 0.25) is 0 Å². The van der Waals surface area contributed by atoms with Crippen molar-refractivity contribution < 1.29 is 8.85 Å². The topological polar surface area (TPSA) is 21.7 Å². The largest absolute Gasteiger partial charge is 0.416 e. The Morgan fingerprint density at radius 3 is 2.60 bits per heavy atom. The summed E-state index contributed by atoms with van der Waals surface area (Å²) in [5.74, 6) is 0. The van der Waals surface area contributed by atoms with E-state index in [1.54, 1.807) is 0 Å². The smallest absolute Gasteiger partial charge is 0.267 e. The third-order valence-corrected chi connectivity index (χ3v) is 9.69. The quantitative estimate of drug-likeness (QED) is 0.695. The summed E-state index contributed by atoms with van der Waals surface area (Å²) in [5, 5.41) is 0. The molecule has 0 aromatic rings. The van der Waals surface area contributed by atoms with Gasteiger partial charge in [-0.05, 0) is 45.6 Å². The Bertz CT molecular complexity index is 214. The van der Waals surface area contributed by atoms with E-state index in [4.69, 9.17) is 8.85 Å². The molecule has 0 radical (unpaired) electrons. The van der Waals surface area contributed by atoms with E-state index < -0.39 is 16.8 Å². The molecule has 3 nitrogen and oxygen atoms in total. The van der Waals surface area contributed by atoms with E-state index in [1.165, 1.54) is 19.0 Å². The average molecular weight is 247 g/mol. The second-order valence-corrected chi connectivity index (χ2v) is 13.1. The van der Waals surface area contributed by atoms with Crippen molar-refractivity contribution in [2.45, 2.75) is 39.0 Å². The van der Waals surface area contributed by atoms with Crippen molar-refractivity contribution in [3.05, 3.63) is 0 Å². The number of hydrogen-bond donors (Lipinski definition) is 0. The van der Waals surface area contributed by atoms with Crippen LogP contribution < -0.4 is 0 Å². The Morgan fingerprint density at radius 2 is 2.07 bits per heavy atom. The van der Waals surface area contributed by atoms with Gasteiger partial charge >= 0.3 is 0 Å². The van der Waals surface area contributed by atoms with Gasteiger partial charge in [0.05, 0.1) is 0 Å². The van der Waals surface area contributed by atoms with Crippen molar-refractivity contribution in [2.75, 3.05) is 26.4 Å². The molecule has 1 heterocycles. The fraction of sp³-hybridized carbons (Fsp3) is 1.00. The molecule has 0 saturated carbocycles. The minimum absolute atomic E-state index is 0.846. The van der Waals surface area contributed by atoms with Crippen LogP contribution in [-0.2, 0) is 8.85 Å². The van der Waals surface area contributed by atoms with E-state index in [0.717, 1.165) is 12.8 Å². The second-order valence-electron chi connectivity index (χ2n) is 5.10. The molecule has 0 N–H and O–H groups in total. The SMILES string of the molecule is CCO[Si](C)(C)CN1CCC[Si]1(C)OC. The minimum atomic E-state index is -1.54. The zero-order valence-electron chi connectivity index (χ0n) is 10.8. The minimum Gasteiger partial charge on any atom is -0.416 e. The molecule has 1 rings (SSSR count). The summed E-state index contributed by atoms with van der Waals surface area (Å²) in [4.78, 5) is 0. The van der Waals surface area contributed by atoms with E-state index in [0.29, 0.717) is 0 Å². The van der Waals surface area contributed by atoms with Crippen molar-refractivity contribution in [3.8, 4) is 0 Å². The average Bonchev–Trinajstić information content (AvgIpc) is 2.48. The molecule has 1 aliphatic rings. The van der Waals surface area contributed by atoms with Gasteiger partial charge in [-0.1, -0.05) is 0 Å². The Labute approximate surface area is 96.1 Å². The van der Waals surface area contributed by atoms with E-state index in [-0.39, 0.29) is 0 Å². The van der Waals surface area contributed by atoms with Gasteiger partial charge in [-0.25, -0.2) is 0 Å². The molecule has 0 amide bonds. The van der Waals surface area contributed by atoms with Crippen molar-refractivity contribution in [1.82, 2.24) is 4.57 Å². The molecule has 90 valence electrons. The highest BCUT2D eigenvalue weighted by atomic mass is 28.4. The zero-order chi connectivity index (χ0) is 11.5. The lowest BCUT2D eigenvalue weighted by molar-refractivity contribution is 0.295. The van der Waals surface area contributed by atoms with E-state index >= 15 is 0 Å². The van der Waals surface area contributed by atoms with Crippen LogP contribution in [0.25, 0.3) is 0 Å². The molecule has 1 aliphatic heterocycles. The van der Waals surface area contributed by atoms with Crippen LogP contribution in [0.4, 0.5) is 0 Å². The van der Waals surface area contributed by atoms with Gasteiger partial charge in [-0.3, -0.25) is 0 Å². The maximum atomic E-state index is 5.89. The predicted molar refractivity (Wildman–Crippen MR) is 68.7 cm³/mol. The monoisotopic (exact) mass is 247 g/mol. The van der Waals surface area contributed by atoms with Crippen LogP contribution in [0.5, 0.6) is 0 Å². The first-order valence-corrected chi connectivity index (χ1v) is 11.6. The first-order chi connectivity index (χ1) is 6.93. The summed E-state index contributed by atoms with van der Waals surface area (Å²) in [5.41, 5.74) is 0. The van der Waals surface area contributed by atoms with Crippen LogP contribution in [0.15, 0.2) is 0 Å². The fourth-order valence-corrected chi connectivity index (χ4v) is 9.02. The van der Waals surface area contributed by atoms with Gasteiger partial charge in [0, 0.05) is 19.9 Å². The summed E-state index contributed by atoms with van der Waals surface area (Å²) in [6.07, 6.45) is 2.44. The summed E-state index contributed by atoms with van der Waals surface area (Å²) in [6.45, 7) is 11.1. The highest BCUT2D eigenvalue weighted by Gasteiger charge is 2.43. The Kier molecular flexibility index (Phi) is 4.55. The highest BCUT2D eigenvalue weighted by Crippen LogP contribution is 2.27. The number of rotatable bonds is 5. The van der Waals surface area contributed by atoms with Crippen molar-refractivity contribution in [2.24, 2.45) is 0 Å². The Hall–Kier alpha value is 0.314. The zero-order valence-corrected chi connectivity index (χ0v) is 12.8. The molecule has 0 aromatic carbocycles. The lowest BCUT2D eigenvalue weighted by Gasteiger charge is -2.36. The Morgan fingerprint density at radius 1 is 1.40 bits per heavy atom. The maximum absolute atomic E-state index is 5.89. The number of nitrogens with zero attached hydrogens (tertiary/aromatic N) is 1. The molecule has 0 aliphatic carbocycles. The molecular weight excluding hydrogens is 222 g/mol. The second kappa shape index (κ2) is 5.10. The van der Waals surface area contributed by atoms with Gasteiger partial charge in [0.15, 0.2) is 8.32 Å². The molecule has 0 spiro atoms. The standard InChI is InChI=1S/C10H25NO2Si2/c1-6-13-14(3,4)10-11-8-7-9-15(11,5)12-2/h6-10H2,1-5H3. The molecule has 1 fully saturated rings. The van der Waals surface area contributed by atoms with Crippen LogP contribution in [0.3, 0.4) is 0 Å². The normalized spacial score (nSPS) is 28.6. The highest BCUT2D eigenvalue weighted by molar-refractivity contribution is 6.75. The number of hydrogen-bond acceptors (Lipinski definition) is 3. The van der Waals surface area contributed by atoms with E-state index in [2.05, 4.69) is 31.1 Å². The van der Waals surface area contributed by atoms with Crippen LogP contribution in [0.1, 0.15) is 13.3 Å². The molecular formula is C10H25NO2Si2. The summed E-state index contributed by atoms with van der Waals surface area (Å²) < 4.78 is 14.3. The lowest BCUT2D eigenvalue weighted by Crippen LogP contribution is -2.55. The molecule has 0 aromatic heterocycles. The van der Waals surface area contributed by atoms with Gasteiger partial charge in [-0.15, -0.1) is 0 Å². The molecule has 15 heavy (non-hydrogen) atoms. The summed E-state index contributed by atoms with van der Waals surface area (Å²) in [6, 6.07) is 1.28. The predicted octanol–water partition coefficient (Wildman–Crippen LogP) is 2.19. The van der Waals surface area contributed by atoms with Crippen molar-refractivity contribution in [3.63, 3.8) is 0 Å². The maximum Gasteiger partial charge on any atom is 0.267 e. The van der Waals surface area contributed by atoms with Crippen LogP contribution in [0.2, 0.25) is 25.7 Å². The van der Waals surface area contributed by atoms with Crippen LogP contribution in [-0.4, -0.2) is 47.8 Å². The van der Waals surface area contributed by atoms with Gasteiger partial charge in [-0.2, -0.15) is 0 Å². The third-order valence-electron chi connectivity index (χ3n) is 3.28. The van der Waals surface area contributed by atoms with E-state index in [1.807, 2.05) is 7.11 Å². The van der Waals surface area contributed by atoms with Gasteiger partial charge in [0.1, 0.15) is 0 Å². The van der Waals surface area contributed by atoms with Crippen molar-refractivity contribution in [1.29, 1.82) is 0 Å². The summed E-state index contributed by atoms with van der Waals surface area (Å²) in [7, 11) is -1.16. The molecule has 5 heteroatoms. The first kappa shape index (κ1) is 13.4. The lowest BCUT2D eigenvalue weighted by atomic mass is 10.5. The van der Waals surface area contributed by atoms with Crippen molar-refractivity contribution >= 4 is 16.8 Å². The van der Waals surface area contributed by atoms with Gasteiger partial charge < -0.3 is 13.4 Å². The molecule has 1 atom stereocenters. The van der Waals surface area contributed by atoms with Gasteiger partial charge in [0.25, 0.3) is 8.48 Å². The van der Waals surface area contributed by atoms with Crippen LogP contribution >= 0.6 is 0 Å². The van der Waals surface area contributed by atoms with E-state index in [9.17, 15) is 0 Å². The first-order valence-electron chi connectivity index (χ1n) is 5.88. The third kappa shape index (κ3) is 3.39. The fourth-order valence-electron chi connectivity index (χ4n) is 2.37. The summed E-state index contributed by atoms with van der Waals surface area (Å²) >= 11 is 0. The molecule has 0 bridgehead atoms. The molecule has 1 saturated heterocycles.